The Kier molecular flexibility index (Phi) is 7.56. The molecule has 6 rings (SSSR count). The van der Waals surface area contributed by atoms with Gasteiger partial charge in [0, 0.05) is 28.2 Å². The van der Waals surface area contributed by atoms with Gasteiger partial charge in [-0.15, -0.1) is 0 Å². The normalized spacial score (nSPS) is 15.1. The highest BCUT2D eigenvalue weighted by Gasteiger charge is 2.44. The number of carbonyl (C=O) groups is 1. The number of hydrogen-bond donors (Lipinski definition) is 1. The van der Waals surface area contributed by atoms with Crippen LogP contribution in [0.1, 0.15) is 47.9 Å². The van der Waals surface area contributed by atoms with Gasteiger partial charge < -0.3 is 5.32 Å². The van der Waals surface area contributed by atoms with Crippen molar-refractivity contribution in [2.24, 2.45) is 0 Å². The van der Waals surface area contributed by atoms with Crippen LogP contribution < -0.4 is 10.9 Å². The third-order valence-corrected chi connectivity index (χ3v) is 9.51. The van der Waals surface area contributed by atoms with Crippen molar-refractivity contribution in [3.8, 4) is 11.3 Å². The second-order valence-corrected chi connectivity index (χ2v) is 12.3. The van der Waals surface area contributed by atoms with Crippen molar-refractivity contribution in [3.05, 3.63) is 110 Å². The number of anilines is 1. The van der Waals surface area contributed by atoms with Crippen LogP contribution in [0.4, 0.5) is 5.69 Å². The summed E-state index contributed by atoms with van der Waals surface area (Å²) < 4.78 is 1.82. The number of rotatable bonds is 7. The van der Waals surface area contributed by atoms with Crippen LogP contribution in [-0.2, 0) is 29.6 Å². The van der Waals surface area contributed by atoms with E-state index in [9.17, 15) is 9.59 Å². The Morgan fingerprint density at radius 1 is 1.05 bits per heavy atom. The Morgan fingerprint density at radius 3 is 2.60 bits per heavy atom. The minimum Gasteiger partial charge on any atom is -0.325 e. The van der Waals surface area contributed by atoms with E-state index in [1.807, 2.05) is 41.8 Å². The summed E-state index contributed by atoms with van der Waals surface area (Å²) in [6.45, 7) is 2.44. The SMILES string of the molecule is Cc1ccc(Cl)cc1NC(=O)CSc1nc2c(c(=O)n1CCc1ccccc1)C1(CCCC1)Cc1ccccc1-2. The van der Waals surface area contributed by atoms with E-state index >= 15 is 0 Å². The molecule has 7 heteroatoms. The third-order valence-electron chi connectivity index (χ3n) is 8.30. The molecule has 0 bridgehead atoms. The monoisotopic (exact) mass is 569 g/mol. The number of fused-ring (bicyclic) bond motifs is 4. The zero-order valence-electron chi connectivity index (χ0n) is 22.6. The first kappa shape index (κ1) is 26.9. The summed E-state index contributed by atoms with van der Waals surface area (Å²) in [7, 11) is 0. The van der Waals surface area contributed by atoms with Crippen molar-refractivity contribution in [2.45, 2.75) is 62.6 Å². The van der Waals surface area contributed by atoms with Gasteiger partial charge in [-0.25, -0.2) is 4.98 Å². The molecule has 0 saturated heterocycles. The van der Waals surface area contributed by atoms with E-state index in [0.717, 1.165) is 60.1 Å². The van der Waals surface area contributed by atoms with Crippen molar-refractivity contribution < 1.29 is 4.79 Å². The quantitative estimate of drug-likeness (QED) is 0.189. The van der Waals surface area contributed by atoms with Crippen LogP contribution in [0, 0.1) is 6.92 Å². The smallest absolute Gasteiger partial charge is 0.258 e. The highest BCUT2D eigenvalue weighted by Crippen LogP contribution is 2.50. The van der Waals surface area contributed by atoms with Gasteiger partial charge in [-0.1, -0.05) is 96.9 Å². The molecular weight excluding hydrogens is 538 g/mol. The van der Waals surface area contributed by atoms with Gasteiger partial charge in [0.05, 0.1) is 17.0 Å². The molecule has 204 valence electrons. The van der Waals surface area contributed by atoms with Crippen molar-refractivity contribution in [1.29, 1.82) is 0 Å². The molecule has 2 aliphatic rings. The molecule has 1 heterocycles. The van der Waals surface area contributed by atoms with Gasteiger partial charge in [-0.3, -0.25) is 14.2 Å². The Labute approximate surface area is 244 Å². The Hall–Kier alpha value is -3.35. The molecule has 4 aromatic rings. The summed E-state index contributed by atoms with van der Waals surface area (Å²) >= 11 is 7.47. The minimum absolute atomic E-state index is 0.0472. The molecule has 0 unspecified atom stereocenters. The lowest BCUT2D eigenvalue weighted by molar-refractivity contribution is -0.113. The number of aryl methyl sites for hydroxylation is 2. The zero-order chi connectivity index (χ0) is 27.7. The lowest BCUT2D eigenvalue weighted by Crippen LogP contribution is -2.40. The summed E-state index contributed by atoms with van der Waals surface area (Å²) in [5.74, 6) is -0.0282. The molecule has 0 radical (unpaired) electrons. The maximum Gasteiger partial charge on any atom is 0.258 e. The molecule has 0 aliphatic heterocycles. The van der Waals surface area contributed by atoms with E-state index in [-0.39, 0.29) is 22.6 Å². The number of halogens is 1. The fraction of sp³-hybridized carbons (Fsp3) is 0.303. The van der Waals surface area contributed by atoms with Crippen molar-refractivity contribution >= 4 is 35.0 Å². The lowest BCUT2D eigenvalue weighted by Gasteiger charge is -2.36. The van der Waals surface area contributed by atoms with Gasteiger partial charge in [-0.05, 0) is 61.4 Å². The Morgan fingerprint density at radius 2 is 1.80 bits per heavy atom. The van der Waals surface area contributed by atoms with E-state index in [1.54, 1.807) is 12.1 Å². The van der Waals surface area contributed by atoms with Gasteiger partial charge in [0.2, 0.25) is 5.91 Å². The Balaban J connectivity index is 1.38. The molecule has 1 N–H and O–H groups in total. The van der Waals surface area contributed by atoms with Gasteiger partial charge in [0.25, 0.3) is 5.56 Å². The highest BCUT2D eigenvalue weighted by molar-refractivity contribution is 7.99. The molecule has 40 heavy (non-hydrogen) atoms. The van der Waals surface area contributed by atoms with Crippen molar-refractivity contribution in [2.75, 3.05) is 11.1 Å². The van der Waals surface area contributed by atoms with Gasteiger partial charge in [0.1, 0.15) is 0 Å². The maximum absolute atomic E-state index is 14.4. The fourth-order valence-electron chi connectivity index (χ4n) is 6.28. The maximum atomic E-state index is 14.4. The number of nitrogens with one attached hydrogen (secondary N) is 1. The van der Waals surface area contributed by atoms with Crippen LogP contribution >= 0.6 is 23.4 Å². The van der Waals surface area contributed by atoms with Crippen LogP contribution in [0.3, 0.4) is 0 Å². The summed E-state index contributed by atoms with van der Waals surface area (Å²) in [5, 5.41) is 4.13. The van der Waals surface area contributed by atoms with E-state index in [0.29, 0.717) is 28.8 Å². The number of benzene rings is 3. The molecule has 5 nitrogen and oxygen atoms in total. The van der Waals surface area contributed by atoms with E-state index in [2.05, 4.69) is 35.6 Å². The predicted molar refractivity (Wildman–Crippen MR) is 163 cm³/mol. The first-order valence-corrected chi connectivity index (χ1v) is 15.3. The number of nitrogens with zero attached hydrogens (tertiary/aromatic N) is 2. The number of aromatic nitrogens is 2. The Bertz CT molecular complexity index is 1630. The number of carbonyl (C=O) groups excluding carboxylic acids is 1. The molecular formula is C33H32ClN3O2S. The second kappa shape index (κ2) is 11.3. The van der Waals surface area contributed by atoms with Gasteiger partial charge in [-0.2, -0.15) is 0 Å². The minimum atomic E-state index is -0.162. The largest absolute Gasteiger partial charge is 0.325 e. The third kappa shape index (κ3) is 5.23. The molecule has 1 aromatic heterocycles. The summed E-state index contributed by atoms with van der Waals surface area (Å²) in [5.41, 5.74) is 6.66. The number of hydrogen-bond acceptors (Lipinski definition) is 4. The van der Waals surface area contributed by atoms with Gasteiger partial charge >= 0.3 is 0 Å². The molecule has 2 aliphatic carbocycles. The number of thioether (sulfide) groups is 1. The van der Waals surface area contributed by atoms with E-state index in [1.165, 1.54) is 17.3 Å². The van der Waals surface area contributed by atoms with Crippen LogP contribution in [0.15, 0.2) is 82.7 Å². The van der Waals surface area contributed by atoms with Crippen molar-refractivity contribution in [3.63, 3.8) is 0 Å². The molecule has 1 fully saturated rings. The van der Waals surface area contributed by atoms with Crippen LogP contribution in [-0.4, -0.2) is 21.2 Å². The summed E-state index contributed by atoms with van der Waals surface area (Å²) in [6.07, 6.45) is 5.89. The van der Waals surface area contributed by atoms with E-state index in [4.69, 9.17) is 16.6 Å². The van der Waals surface area contributed by atoms with Crippen molar-refractivity contribution in [1.82, 2.24) is 9.55 Å². The van der Waals surface area contributed by atoms with Crippen LogP contribution in [0.25, 0.3) is 11.3 Å². The predicted octanol–water partition coefficient (Wildman–Crippen LogP) is 7.21. The van der Waals surface area contributed by atoms with Crippen LogP contribution in [0.2, 0.25) is 5.02 Å². The first-order valence-electron chi connectivity index (χ1n) is 13.9. The highest BCUT2D eigenvalue weighted by atomic mass is 35.5. The van der Waals surface area contributed by atoms with Gasteiger partial charge in [0.15, 0.2) is 5.16 Å². The molecule has 3 aromatic carbocycles. The summed E-state index contributed by atoms with van der Waals surface area (Å²) in [4.78, 5) is 32.6. The average Bonchev–Trinajstić information content (AvgIpc) is 3.42. The molecule has 1 saturated carbocycles. The molecule has 0 atom stereocenters. The zero-order valence-corrected chi connectivity index (χ0v) is 24.2. The summed E-state index contributed by atoms with van der Waals surface area (Å²) in [6, 6.07) is 24.0. The topological polar surface area (TPSA) is 64.0 Å². The fourth-order valence-corrected chi connectivity index (χ4v) is 7.27. The standard InChI is InChI=1S/C33H32ClN3O2S/c1-22-13-14-25(34)19-27(22)35-28(38)21-40-32-36-30-26-12-6-5-11-24(26)20-33(16-7-8-17-33)29(30)31(39)37(32)18-15-23-9-3-2-4-10-23/h2-6,9-14,19H,7-8,15-18,20-21H2,1H3,(H,35,38). The van der Waals surface area contributed by atoms with Crippen LogP contribution in [0.5, 0.6) is 0 Å². The first-order chi connectivity index (χ1) is 19.4. The van der Waals surface area contributed by atoms with E-state index < -0.39 is 0 Å². The average molecular weight is 570 g/mol. The molecule has 1 spiro atoms. The molecule has 1 amide bonds. The number of amides is 1. The lowest BCUT2D eigenvalue weighted by atomic mass is 9.68. The second-order valence-electron chi connectivity index (χ2n) is 10.9.